The lowest BCUT2D eigenvalue weighted by Gasteiger charge is -2.02. The second kappa shape index (κ2) is 2.55. The van der Waals surface area contributed by atoms with Gasteiger partial charge in [0.25, 0.3) is 0 Å². The monoisotopic (exact) mass is 176 g/mol. The quantitative estimate of drug-likeness (QED) is 0.709. The van der Waals surface area contributed by atoms with Gasteiger partial charge in [0.1, 0.15) is 0 Å². The lowest BCUT2D eigenvalue weighted by Crippen LogP contribution is -2.06. The summed E-state index contributed by atoms with van der Waals surface area (Å²) in [7, 11) is 0. The minimum Gasteiger partial charge on any atom is -0.327 e. The first-order valence-corrected chi connectivity index (χ1v) is 4.71. The molecule has 0 aromatic carbocycles. The largest absolute Gasteiger partial charge is 0.327 e. The molecule has 2 atom stereocenters. The second-order valence-electron chi connectivity index (χ2n) is 4.56. The molecule has 13 heavy (non-hydrogen) atoms. The predicted octanol–water partition coefficient (Wildman–Crippen LogP) is 1.84. The first kappa shape index (κ1) is 8.70. The van der Waals surface area contributed by atoms with Gasteiger partial charge in [0.2, 0.25) is 0 Å². The van der Waals surface area contributed by atoms with E-state index in [1.807, 2.05) is 13.1 Å². The molecule has 0 amide bonds. The third kappa shape index (κ3) is 1.25. The fraction of sp³-hybridized carbons (Fsp3) is 0.545. The first-order chi connectivity index (χ1) is 6.03. The molecular weight excluding hydrogens is 160 g/mol. The molecule has 2 heteroatoms. The van der Waals surface area contributed by atoms with E-state index in [4.69, 9.17) is 5.73 Å². The van der Waals surface area contributed by atoms with E-state index in [-0.39, 0.29) is 5.41 Å². The van der Waals surface area contributed by atoms with Crippen molar-refractivity contribution >= 4 is 0 Å². The molecule has 2 N–H and O–H groups in total. The normalized spacial score (nSPS) is 30.2. The van der Waals surface area contributed by atoms with Crippen molar-refractivity contribution in [1.29, 1.82) is 0 Å². The fourth-order valence-corrected chi connectivity index (χ4v) is 2.08. The second-order valence-corrected chi connectivity index (χ2v) is 4.56. The van der Waals surface area contributed by atoms with Crippen LogP contribution >= 0.6 is 0 Å². The average Bonchev–Trinajstić information content (AvgIpc) is 2.51. The zero-order valence-corrected chi connectivity index (χ0v) is 8.41. The van der Waals surface area contributed by atoms with Gasteiger partial charge >= 0.3 is 0 Å². The molecule has 2 rings (SSSR count). The summed E-state index contributed by atoms with van der Waals surface area (Å²) in [4.78, 5) is 4.18. The Hall–Kier alpha value is -0.890. The first-order valence-electron chi connectivity index (χ1n) is 4.71. The fourth-order valence-electron chi connectivity index (χ4n) is 2.08. The molecule has 1 aliphatic rings. The van der Waals surface area contributed by atoms with Crippen LogP contribution in [-0.2, 0) is 0 Å². The number of aromatic nitrogens is 1. The van der Waals surface area contributed by atoms with E-state index >= 15 is 0 Å². The van der Waals surface area contributed by atoms with Crippen molar-refractivity contribution in [2.24, 2.45) is 11.1 Å². The summed E-state index contributed by atoms with van der Waals surface area (Å²) >= 11 is 0. The van der Waals surface area contributed by atoms with Gasteiger partial charge in [-0.3, -0.25) is 4.98 Å². The SMILES string of the molecule is Cc1cc(C2C(N)C2(C)C)ccn1. The summed E-state index contributed by atoms with van der Waals surface area (Å²) in [6, 6.07) is 4.53. The van der Waals surface area contributed by atoms with Crippen LogP contribution in [0.4, 0.5) is 0 Å². The Morgan fingerprint density at radius 1 is 1.46 bits per heavy atom. The van der Waals surface area contributed by atoms with Crippen LogP contribution in [-0.4, -0.2) is 11.0 Å². The number of nitrogens with two attached hydrogens (primary N) is 1. The van der Waals surface area contributed by atoms with Crippen LogP contribution in [0.25, 0.3) is 0 Å². The van der Waals surface area contributed by atoms with Crippen molar-refractivity contribution in [2.45, 2.75) is 32.7 Å². The predicted molar refractivity (Wildman–Crippen MR) is 53.5 cm³/mol. The molecule has 70 valence electrons. The molecule has 0 saturated heterocycles. The van der Waals surface area contributed by atoms with Crippen LogP contribution < -0.4 is 5.73 Å². The Morgan fingerprint density at radius 3 is 2.54 bits per heavy atom. The standard InChI is InChI=1S/C11H16N2/c1-7-6-8(4-5-13-7)9-10(12)11(9,2)3/h4-6,9-10H,12H2,1-3H3. The molecule has 0 spiro atoms. The third-order valence-corrected chi connectivity index (χ3v) is 3.19. The molecule has 0 bridgehead atoms. The van der Waals surface area contributed by atoms with Crippen LogP contribution in [0.1, 0.15) is 31.0 Å². The Balaban J connectivity index is 2.29. The van der Waals surface area contributed by atoms with Gasteiger partial charge in [-0.25, -0.2) is 0 Å². The Kier molecular flexibility index (Phi) is 1.70. The maximum atomic E-state index is 6.01. The van der Waals surface area contributed by atoms with Crippen LogP contribution in [0.2, 0.25) is 0 Å². The highest BCUT2D eigenvalue weighted by Gasteiger charge is 2.56. The summed E-state index contributed by atoms with van der Waals surface area (Å²) in [6.45, 7) is 6.46. The van der Waals surface area contributed by atoms with E-state index in [1.54, 1.807) is 0 Å². The smallest absolute Gasteiger partial charge is 0.0375 e. The lowest BCUT2D eigenvalue weighted by atomic mass is 10.0. The van der Waals surface area contributed by atoms with Crippen LogP contribution in [0.5, 0.6) is 0 Å². The number of hydrogen-bond acceptors (Lipinski definition) is 2. The van der Waals surface area contributed by atoms with Gasteiger partial charge in [0, 0.05) is 23.9 Å². The molecule has 2 unspecified atom stereocenters. The summed E-state index contributed by atoms with van der Waals surface area (Å²) < 4.78 is 0. The summed E-state index contributed by atoms with van der Waals surface area (Å²) in [6.07, 6.45) is 1.87. The van der Waals surface area contributed by atoms with Crippen LogP contribution in [0.3, 0.4) is 0 Å². The maximum Gasteiger partial charge on any atom is 0.0375 e. The Labute approximate surface area is 79.2 Å². The average molecular weight is 176 g/mol. The van der Waals surface area contributed by atoms with Gasteiger partial charge in [-0.05, 0) is 30.0 Å². The molecule has 1 fully saturated rings. The molecule has 1 aliphatic carbocycles. The Morgan fingerprint density at radius 2 is 2.08 bits per heavy atom. The summed E-state index contributed by atoms with van der Waals surface area (Å²) in [5.41, 5.74) is 8.69. The third-order valence-electron chi connectivity index (χ3n) is 3.19. The van der Waals surface area contributed by atoms with Gasteiger partial charge in [0.15, 0.2) is 0 Å². The van der Waals surface area contributed by atoms with Crippen molar-refractivity contribution in [1.82, 2.24) is 4.98 Å². The zero-order valence-electron chi connectivity index (χ0n) is 8.41. The van der Waals surface area contributed by atoms with E-state index in [1.165, 1.54) is 5.56 Å². The van der Waals surface area contributed by atoms with Gasteiger partial charge in [0.05, 0.1) is 0 Å². The molecule has 0 radical (unpaired) electrons. The summed E-state index contributed by atoms with van der Waals surface area (Å²) in [5, 5.41) is 0. The molecular formula is C11H16N2. The van der Waals surface area contributed by atoms with Crippen molar-refractivity contribution in [3.05, 3.63) is 29.6 Å². The van der Waals surface area contributed by atoms with Crippen LogP contribution in [0.15, 0.2) is 18.3 Å². The molecule has 0 aliphatic heterocycles. The maximum absolute atomic E-state index is 6.01. The van der Waals surface area contributed by atoms with Crippen LogP contribution in [0, 0.1) is 12.3 Å². The lowest BCUT2D eigenvalue weighted by molar-refractivity contribution is 0.599. The number of rotatable bonds is 1. The molecule has 1 aromatic heterocycles. The Bertz CT molecular complexity index is 331. The highest BCUT2D eigenvalue weighted by molar-refractivity contribution is 5.33. The van der Waals surface area contributed by atoms with Gasteiger partial charge < -0.3 is 5.73 Å². The highest BCUT2D eigenvalue weighted by Crippen LogP contribution is 2.57. The van der Waals surface area contributed by atoms with Gasteiger partial charge in [-0.15, -0.1) is 0 Å². The highest BCUT2D eigenvalue weighted by atomic mass is 14.8. The minimum atomic E-state index is 0.272. The van der Waals surface area contributed by atoms with E-state index in [9.17, 15) is 0 Å². The molecule has 1 saturated carbocycles. The topological polar surface area (TPSA) is 38.9 Å². The molecule has 1 aromatic rings. The van der Waals surface area contributed by atoms with E-state index in [2.05, 4.69) is 31.0 Å². The minimum absolute atomic E-state index is 0.272. The van der Waals surface area contributed by atoms with Crippen molar-refractivity contribution in [3.8, 4) is 0 Å². The number of aryl methyl sites for hydroxylation is 1. The summed E-state index contributed by atoms with van der Waals surface area (Å²) in [5.74, 6) is 0.522. The van der Waals surface area contributed by atoms with E-state index in [0.29, 0.717) is 12.0 Å². The van der Waals surface area contributed by atoms with Crippen molar-refractivity contribution in [3.63, 3.8) is 0 Å². The molecule has 2 nitrogen and oxygen atoms in total. The molecule has 1 heterocycles. The van der Waals surface area contributed by atoms with Gasteiger partial charge in [-0.1, -0.05) is 13.8 Å². The number of pyridine rings is 1. The van der Waals surface area contributed by atoms with Crippen molar-refractivity contribution in [2.75, 3.05) is 0 Å². The number of nitrogens with zero attached hydrogens (tertiary/aromatic N) is 1. The number of hydrogen-bond donors (Lipinski definition) is 1. The van der Waals surface area contributed by atoms with Gasteiger partial charge in [-0.2, -0.15) is 0 Å². The van der Waals surface area contributed by atoms with Crippen molar-refractivity contribution < 1.29 is 0 Å². The van der Waals surface area contributed by atoms with E-state index in [0.717, 1.165) is 5.69 Å². The van der Waals surface area contributed by atoms with E-state index < -0.39 is 0 Å². The zero-order chi connectivity index (χ0) is 9.64.